The molecule has 57 valence electrons. The molecule has 0 amide bonds. The molecule has 0 N–H and O–H groups in total. The summed E-state index contributed by atoms with van der Waals surface area (Å²) in [6, 6.07) is 5.32. The first-order chi connectivity index (χ1) is 5.24. The first-order valence-electron chi connectivity index (χ1n) is 3.64. The van der Waals surface area contributed by atoms with Gasteiger partial charge in [-0.15, -0.1) is 0 Å². The average Bonchev–Trinajstić information content (AvgIpc) is 1.98. The summed E-state index contributed by atoms with van der Waals surface area (Å²) >= 11 is 0. The molecule has 0 aliphatic carbocycles. The molecule has 1 aromatic rings. The summed E-state index contributed by atoms with van der Waals surface area (Å²) in [6.45, 7) is 3.79. The van der Waals surface area contributed by atoms with E-state index in [1.807, 2.05) is 38.1 Å². The maximum atomic E-state index is 11.0. The van der Waals surface area contributed by atoms with Gasteiger partial charge in [-0.2, -0.15) is 0 Å². The lowest BCUT2D eigenvalue weighted by molar-refractivity contribution is 0.352. The summed E-state index contributed by atoms with van der Waals surface area (Å²) in [7, 11) is 0. The van der Waals surface area contributed by atoms with E-state index in [0.29, 0.717) is 0 Å². The smallest absolute Gasteiger partial charge is 0.181 e. The molecule has 0 spiro atoms. The van der Waals surface area contributed by atoms with E-state index >= 15 is 0 Å². The number of benzene rings is 1. The minimum Gasteiger partial charge on any atom is -0.290 e. The molecule has 1 aromatic carbocycles. The lowest BCUT2D eigenvalue weighted by Gasteiger charge is -1.96. The Balaban J connectivity index is 3.05. The van der Waals surface area contributed by atoms with Gasteiger partial charge in [0.05, 0.1) is 0 Å². The molecular weight excluding hydrogens is 136 g/mol. The van der Waals surface area contributed by atoms with E-state index in [1.54, 1.807) is 6.07 Å². The van der Waals surface area contributed by atoms with Crippen LogP contribution in [0.3, 0.4) is 0 Å². The zero-order valence-corrected chi connectivity index (χ0v) is 6.79. The van der Waals surface area contributed by atoms with Gasteiger partial charge in [-0.25, -0.2) is 0 Å². The predicted octanol–water partition coefficient (Wildman–Crippen LogP) is 3.17. The van der Waals surface area contributed by atoms with Crippen LogP contribution in [0.4, 0.5) is 0 Å². The molecule has 0 saturated heterocycles. The fraction of sp³-hybridized carbons (Fsp3) is 0.200. The third-order valence-corrected chi connectivity index (χ3v) is 1.56. The van der Waals surface area contributed by atoms with Crippen LogP contribution < -0.4 is 0 Å². The SMILES string of the molecule is CC=Cc1ccc([O])c(C)c1. The Morgan fingerprint density at radius 2 is 2.09 bits per heavy atom. The van der Waals surface area contributed by atoms with Gasteiger partial charge in [-0.05, 0) is 37.1 Å². The van der Waals surface area contributed by atoms with E-state index in [2.05, 4.69) is 0 Å². The second-order valence-corrected chi connectivity index (χ2v) is 2.52. The summed E-state index contributed by atoms with van der Waals surface area (Å²) in [5, 5.41) is 11.0. The van der Waals surface area contributed by atoms with E-state index in [-0.39, 0.29) is 5.75 Å². The van der Waals surface area contributed by atoms with Crippen LogP contribution >= 0.6 is 0 Å². The van der Waals surface area contributed by atoms with Gasteiger partial charge in [0.25, 0.3) is 0 Å². The summed E-state index contributed by atoms with van der Waals surface area (Å²) in [5.74, 6) is 0.109. The Morgan fingerprint density at radius 3 is 2.64 bits per heavy atom. The van der Waals surface area contributed by atoms with Crippen LogP contribution in [0, 0.1) is 6.92 Å². The van der Waals surface area contributed by atoms with Crippen LogP contribution in [0.2, 0.25) is 0 Å². The first-order valence-corrected chi connectivity index (χ1v) is 3.64. The van der Waals surface area contributed by atoms with Gasteiger partial charge in [0.1, 0.15) is 0 Å². The lowest BCUT2D eigenvalue weighted by atomic mass is 10.1. The molecule has 0 heterocycles. The van der Waals surface area contributed by atoms with E-state index in [9.17, 15) is 5.11 Å². The van der Waals surface area contributed by atoms with Gasteiger partial charge in [-0.1, -0.05) is 18.2 Å². The van der Waals surface area contributed by atoms with Crippen molar-refractivity contribution in [1.82, 2.24) is 0 Å². The summed E-state index contributed by atoms with van der Waals surface area (Å²) in [4.78, 5) is 0. The normalized spacial score (nSPS) is 10.7. The molecule has 1 heteroatoms. The molecule has 11 heavy (non-hydrogen) atoms. The summed E-state index contributed by atoms with van der Waals surface area (Å²) in [5.41, 5.74) is 1.89. The second kappa shape index (κ2) is 3.24. The highest BCUT2D eigenvalue weighted by molar-refractivity contribution is 5.52. The van der Waals surface area contributed by atoms with E-state index < -0.39 is 0 Å². The fourth-order valence-electron chi connectivity index (χ4n) is 0.969. The lowest BCUT2D eigenvalue weighted by Crippen LogP contribution is -1.75. The highest BCUT2D eigenvalue weighted by Gasteiger charge is 1.95. The average molecular weight is 147 g/mol. The number of allylic oxidation sites excluding steroid dienone is 1. The molecular formula is C10H11O. The number of aryl methyl sites for hydroxylation is 1. The highest BCUT2D eigenvalue weighted by atomic mass is 16.3. The van der Waals surface area contributed by atoms with Crippen molar-refractivity contribution in [3.05, 3.63) is 35.4 Å². The van der Waals surface area contributed by atoms with Crippen LogP contribution in [-0.2, 0) is 5.11 Å². The molecule has 0 atom stereocenters. The van der Waals surface area contributed by atoms with Crippen LogP contribution in [0.5, 0.6) is 5.75 Å². The Hall–Kier alpha value is -1.24. The largest absolute Gasteiger partial charge is 0.290 e. The minimum absolute atomic E-state index is 0.109. The Bertz CT molecular complexity index is 274. The topological polar surface area (TPSA) is 19.9 Å². The van der Waals surface area contributed by atoms with Gasteiger partial charge >= 0.3 is 0 Å². The van der Waals surface area contributed by atoms with Crippen LogP contribution in [0.1, 0.15) is 18.1 Å². The zero-order valence-electron chi connectivity index (χ0n) is 6.79. The molecule has 0 aliphatic rings. The third kappa shape index (κ3) is 1.84. The Kier molecular flexibility index (Phi) is 2.32. The second-order valence-electron chi connectivity index (χ2n) is 2.52. The minimum atomic E-state index is 0.109. The van der Waals surface area contributed by atoms with Crippen molar-refractivity contribution in [1.29, 1.82) is 0 Å². The van der Waals surface area contributed by atoms with Gasteiger partial charge in [0.2, 0.25) is 0 Å². The molecule has 0 fully saturated rings. The van der Waals surface area contributed by atoms with Crippen molar-refractivity contribution in [3.8, 4) is 5.75 Å². The number of hydrogen-bond donors (Lipinski definition) is 0. The van der Waals surface area contributed by atoms with Crippen LogP contribution in [-0.4, -0.2) is 0 Å². The van der Waals surface area contributed by atoms with E-state index in [4.69, 9.17) is 0 Å². The molecule has 1 rings (SSSR count). The highest BCUT2D eigenvalue weighted by Crippen LogP contribution is 2.18. The van der Waals surface area contributed by atoms with Crippen molar-refractivity contribution in [2.75, 3.05) is 0 Å². The maximum absolute atomic E-state index is 11.0. The quantitative estimate of drug-likeness (QED) is 0.581. The molecule has 1 nitrogen and oxygen atoms in total. The van der Waals surface area contributed by atoms with Gasteiger partial charge < -0.3 is 0 Å². The fourth-order valence-corrected chi connectivity index (χ4v) is 0.969. The molecule has 0 bridgehead atoms. The van der Waals surface area contributed by atoms with Gasteiger partial charge in [0, 0.05) is 0 Å². The summed E-state index contributed by atoms with van der Waals surface area (Å²) in [6.07, 6.45) is 3.94. The van der Waals surface area contributed by atoms with Crippen molar-refractivity contribution >= 4 is 6.08 Å². The predicted molar refractivity (Wildman–Crippen MR) is 46.0 cm³/mol. The molecule has 0 aromatic heterocycles. The van der Waals surface area contributed by atoms with E-state index in [0.717, 1.165) is 11.1 Å². The molecule has 0 unspecified atom stereocenters. The molecule has 1 radical (unpaired) electrons. The summed E-state index contributed by atoms with van der Waals surface area (Å²) < 4.78 is 0. The van der Waals surface area contributed by atoms with Crippen molar-refractivity contribution in [2.45, 2.75) is 13.8 Å². The molecule has 0 saturated carbocycles. The van der Waals surface area contributed by atoms with E-state index in [1.165, 1.54) is 0 Å². The Morgan fingerprint density at radius 1 is 1.36 bits per heavy atom. The standard InChI is InChI=1S/C10H11O/c1-3-4-9-5-6-10(11)8(2)7-9/h3-7H,1-2H3. The van der Waals surface area contributed by atoms with Crippen molar-refractivity contribution < 1.29 is 5.11 Å². The van der Waals surface area contributed by atoms with Gasteiger partial charge in [0.15, 0.2) is 5.75 Å². The number of rotatable bonds is 1. The zero-order chi connectivity index (χ0) is 8.27. The van der Waals surface area contributed by atoms with Crippen molar-refractivity contribution in [3.63, 3.8) is 0 Å². The van der Waals surface area contributed by atoms with Crippen molar-refractivity contribution in [2.24, 2.45) is 0 Å². The number of hydrogen-bond acceptors (Lipinski definition) is 0. The maximum Gasteiger partial charge on any atom is 0.181 e. The van der Waals surface area contributed by atoms with Gasteiger partial charge in [-0.3, -0.25) is 5.11 Å². The first kappa shape index (κ1) is 7.86. The monoisotopic (exact) mass is 147 g/mol. The Labute approximate surface area is 67.0 Å². The van der Waals surface area contributed by atoms with Crippen LogP contribution in [0.15, 0.2) is 24.3 Å². The van der Waals surface area contributed by atoms with Crippen LogP contribution in [0.25, 0.3) is 6.08 Å². The molecule has 0 aliphatic heterocycles. The third-order valence-electron chi connectivity index (χ3n) is 1.56.